The van der Waals surface area contributed by atoms with E-state index in [0.717, 1.165) is 5.56 Å². The van der Waals surface area contributed by atoms with Crippen LogP contribution in [-0.4, -0.2) is 38.6 Å². The highest BCUT2D eigenvalue weighted by Gasteiger charge is 2.31. The van der Waals surface area contributed by atoms with Gasteiger partial charge in [-0.15, -0.1) is 0 Å². The number of aryl methyl sites for hydroxylation is 1. The van der Waals surface area contributed by atoms with E-state index < -0.39 is 11.4 Å². The fourth-order valence-corrected chi connectivity index (χ4v) is 3.84. The van der Waals surface area contributed by atoms with E-state index in [-0.39, 0.29) is 34.3 Å². The van der Waals surface area contributed by atoms with Gasteiger partial charge in [-0.1, -0.05) is 17.7 Å². The van der Waals surface area contributed by atoms with Crippen molar-refractivity contribution in [2.24, 2.45) is 0 Å². The minimum atomic E-state index is -0.528. The summed E-state index contributed by atoms with van der Waals surface area (Å²) in [5, 5.41) is 10.8. The zero-order chi connectivity index (χ0) is 19.5. The van der Waals surface area contributed by atoms with Crippen LogP contribution in [0.2, 0.25) is 5.02 Å². The van der Waals surface area contributed by atoms with Crippen LogP contribution in [0.3, 0.4) is 0 Å². The number of hydrogen-bond donors (Lipinski definition) is 1. The summed E-state index contributed by atoms with van der Waals surface area (Å²) >= 11 is 5.82. The summed E-state index contributed by atoms with van der Waals surface area (Å²) in [6, 6.07) is 4.26. The Bertz CT molecular complexity index is 1170. The van der Waals surface area contributed by atoms with Crippen molar-refractivity contribution in [1.29, 1.82) is 0 Å². The Kier molecular flexibility index (Phi) is 3.99. The van der Waals surface area contributed by atoms with Crippen molar-refractivity contribution in [3.8, 4) is 5.75 Å². The van der Waals surface area contributed by atoms with Gasteiger partial charge in [-0.25, -0.2) is 4.39 Å². The SMILES string of the molecule is Cc1cn(Cc2ccc(F)c(Cl)c2)c(=O)c2c(O)c3n(c12)CCN(C)C3=O. The monoisotopic (exact) mass is 389 g/mol. The molecule has 8 heteroatoms. The van der Waals surface area contributed by atoms with E-state index in [9.17, 15) is 19.1 Å². The third-order valence-electron chi connectivity index (χ3n) is 4.98. The summed E-state index contributed by atoms with van der Waals surface area (Å²) in [5.74, 6) is -1.13. The van der Waals surface area contributed by atoms with Crippen LogP contribution in [0.4, 0.5) is 4.39 Å². The molecule has 0 saturated carbocycles. The van der Waals surface area contributed by atoms with Gasteiger partial charge in [0, 0.05) is 26.3 Å². The molecule has 4 rings (SSSR count). The smallest absolute Gasteiger partial charge is 0.274 e. The highest BCUT2D eigenvalue weighted by Crippen LogP contribution is 2.34. The van der Waals surface area contributed by atoms with Gasteiger partial charge < -0.3 is 19.1 Å². The Morgan fingerprint density at radius 3 is 2.70 bits per heavy atom. The quantitative estimate of drug-likeness (QED) is 0.732. The fraction of sp³-hybridized carbons (Fsp3) is 0.263. The third kappa shape index (κ3) is 2.61. The Morgan fingerprint density at radius 1 is 1.26 bits per heavy atom. The number of fused-ring (bicyclic) bond motifs is 3. The molecule has 3 aromatic rings. The first-order valence-corrected chi connectivity index (χ1v) is 8.82. The number of likely N-dealkylation sites (N-methyl/N-ethyl adjacent to an activating group) is 1. The number of halogens is 2. The molecule has 0 radical (unpaired) electrons. The van der Waals surface area contributed by atoms with E-state index in [0.29, 0.717) is 24.2 Å². The molecule has 2 aromatic heterocycles. The zero-order valence-corrected chi connectivity index (χ0v) is 15.5. The van der Waals surface area contributed by atoms with Crippen LogP contribution in [0.5, 0.6) is 5.75 Å². The van der Waals surface area contributed by atoms with Crippen molar-refractivity contribution in [3.05, 3.63) is 62.4 Å². The molecule has 1 amide bonds. The molecule has 0 fully saturated rings. The summed E-state index contributed by atoms with van der Waals surface area (Å²) in [7, 11) is 1.66. The second kappa shape index (κ2) is 6.13. The van der Waals surface area contributed by atoms with E-state index in [1.54, 1.807) is 23.9 Å². The van der Waals surface area contributed by atoms with Crippen molar-refractivity contribution in [3.63, 3.8) is 0 Å². The molecule has 27 heavy (non-hydrogen) atoms. The summed E-state index contributed by atoms with van der Waals surface area (Å²) in [6.45, 7) is 3.01. The lowest BCUT2D eigenvalue weighted by atomic mass is 10.2. The summed E-state index contributed by atoms with van der Waals surface area (Å²) in [5.41, 5.74) is 1.72. The van der Waals surface area contributed by atoms with Crippen LogP contribution in [-0.2, 0) is 13.1 Å². The standard InChI is InChI=1S/C19H17ClFN3O3/c1-10-8-23(9-11-3-4-13(21)12(20)7-11)18(26)14-15(10)24-6-5-22(2)19(27)16(24)17(14)25/h3-4,7-8,25H,5-6,9H2,1-2H3. The molecule has 0 spiro atoms. The van der Waals surface area contributed by atoms with E-state index in [4.69, 9.17) is 11.6 Å². The van der Waals surface area contributed by atoms with Crippen LogP contribution >= 0.6 is 11.6 Å². The largest absolute Gasteiger partial charge is 0.505 e. The van der Waals surface area contributed by atoms with Crippen molar-refractivity contribution < 1.29 is 14.3 Å². The Labute approximate surface area is 159 Å². The molecule has 1 aliphatic rings. The zero-order valence-electron chi connectivity index (χ0n) is 14.8. The average molecular weight is 390 g/mol. The van der Waals surface area contributed by atoms with E-state index in [1.165, 1.54) is 21.6 Å². The lowest BCUT2D eigenvalue weighted by molar-refractivity contribution is 0.0747. The summed E-state index contributed by atoms with van der Waals surface area (Å²) in [4.78, 5) is 27.0. The van der Waals surface area contributed by atoms with Crippen molar-refractivity contribution >= 4 is 28.4 Å². The van der Waals surface area contributed by atoms with Crippen LogP contribution in [0.25, 0.3) is 10.9 Å². The van der Waals surface area contributed by atoms with Gasteiger partial charge in [0.15, 0.2) is 11.4 Å². The van der Waals surface area contributed by atoms with Gasteiger partial charge in [0.2, 0.25) is 0 Å². The van der Waals surface area contributed by atoms with Crippen LogP contribution in [0, 0.1) is 12.7 Å². The van der Waals surface area contributed by atoms with Gasteiger partial charge in [0.05, 0.1) is 17.1 Å². The van der Waals surface area contributed by atoms with Crippen LogP contribution in [0.15, 0.2) is 29.2 Å². The molecule has 0 atom stereocenters. The summed E-state index contributed by atoms with van der Waals surface area (Å²) < 4.78 is 16.5. The molecule has 1 aromatic carbocycles. The number of benzene rings is 1. The molecule has 0 unspecified atom stereocenters. The average Bonchev–Trinajstić information content (AvgIpc) is 2.93. The lowest BCUT2D eigenvalue weighted by Crippen LogP contribution is -2.37. The van der Waals surface area contributed by atoms with E-state index in [1.807, 2.05) is 6.92 Å². The molecule has 1 aliphatic heterocycles. The Balaban J connectivity index is 1.91. The number of pyridine rings is 1. The topological polar surface area (TPSA) is 67.5 Å². The first kappa shape index (κ1) is 17.6. The van der Waals surface area contributed by atoms with Gasteiger partial charge in [0.25, 0.3) is 11.5 Å². The molecule has 0 aliphatic carbocycles. The van der Waals surface area contributed by atoms with E-state index in [2.05, 4.69) is 0 Å². The molecule has 1 N–H and O–H groups in total. The number of rotatable bonds is 2. The van der Waals surface area contributed by atoms with Crippen LogP contribution < -0.4 is 5.56 Å². The second-order valence-electron chi connectivity index (χ2n) is 6.79. The minimum absolute atomic E-state index is 0.0193. The number of nitrogens with zero attached hydrogens (tertiary/aromatic N) is 3. The third-order valence-corrected chi connectivity index (χ3v) is 5.27. The van der Waals surface area contributed by atoms with Gasteiger partial charge in [-0.3, -0.25) is 9.59 Å². The normalized spacial score (nSPS) is 14.1. The van der Waals surface area contributed by atoms with Gasteiger partial charge in [0.1, 0.15) is 11.2 Å². The maximum atomic E-state index is 13.4. The van der Waals surface area contributed by atoms with E-state index >= 15 is 0 Å². The number of carbonyl (C=O) groups is 1. The number of hydrogen-bond acceptors (Lipinski definition) is 3. The lowest BCUT2D eigenvalue weighted by Gasteiger charge is -2.25. The molecular formula is C19H17ClFN3O3. The van der Waals surface area contributed by atoms with Gasteiger partial charge in [-0.2, -0.15) is 0 Å². The molecule has 6 nitrogen and oxygen atoms in total. The highest BCUT2D eigenvalue weighted by atomic mass is 35.5. The molecular weight excluding hydrogens is 373 g/mol. The Morgan fingerprint density at radius 2 is 2.00 bits per heavy atom. The predicted molar refractivity (Wildman–Crippen MR) is 100 cm³/mol. The molecule has 3 heterocycles. The number of aromatic nitrogens is 2. The van der Waals surface area contributed by atoms with Crippen molar-refractivity contribution in [1.82, 2.24) is 14.0 Å². The maximum absolute atomic E-state index is 13.4. The molecule has 0 saturated heterocycles. The number of aromatic hydroxyl groups is 1. The fourth-order valence-electron chi connectivity index (χ4n) is 3.64. The van der Waals surface area contributed by atoms with Gasteiger partial charge >= 0.3 is 0 Å². The highest BCUT2D eigenvalue weighted by molar-refractivity contribution is 6.30. The summed E-state index contributed by atoms with van der Waals surface area (Å²) in [6.07, 6.45) is 1.68. The minimum Gasteiger partial charge on any atom is -0.505 e. The number of carbonyl (C=O) groups excluding carboxylic acids is 1. The maximum Gasteiger partial charge on any atom is 0.274 e. The Hall–Kier alpha value is -2.80. The number of amides is 1. The molecule has 0 bridgehead atoms. The second-order valence-corrected chi connectivity index (χ2v) is 7.20. The van der Waals surface area contributed by atoms with Crippen molar-refractivity contribution in [2.75, 3.05) is 13.6 Å². The first-order valence-electron chi connectivity index (χ1n) is 8.44. The first-order chi connectivity index (χ1) is 12.8. The van der Waals surface area contributed by atoms with Crippen LogP contribution in [0.1, 0.15) is 21.6 Å². The van der Waals surface area contributed by atoms with Crippen molar-refractivity contribution in [2.45, 2.75) is 20.0 Å². The molecule has 140 valence electrons. The predicted octanol–water partition coefficient (Wildman–Crippen LogP) is 2.74. The van der Waals surface area contributed by atoms with Gasteiger partial charge in [-0.05, 0) is 30.2 Å².